The second kappa shape index (κ2) is 7.28. The van der Waals surface area contributed by atoms with E-state index >= 15 is 0 Å². The van der Waals surface area contributed by atoms with Crippen molar-refractivity contribution < 1.29 is 19.2 Å². The minimum absolute atomic E-state index is 0.0535. The van der Waals surface area contributed by atoms with Crippen molar-refractivity contribution in [1.29, 1.82) is 0 Å². The average molecular weight is 328 g/mol. The van der Waals surface area contributed by atoms with E-state index in [1.807, 2.05) is 0 Å². The SMILES string of the molecule is COc1ccc(C=CC(N)=O)c(-c2cccc([N+](=O)[O-])c2)c1OC. The lowest BCUT2D eigenvalue weighted by molar-refractivity contribution is -0.384. The highest BCUT2D eigenvalue weighted by molar-refractivity contribution is 5.93. The van der Waals surface area contributed by atoms with Crippen LogP contribution in [0.1, 0.15) is 5.56 Å². The third-order valence-electron chi connectivity index (χ3n) is 3.35. The predicted octanol–water partition coefficient (Wildman–Crippen LogP) is 2.78. The van der Waals surface area contributed by atoms with E-state index in [0.717, 1.165) is 0 Å². The Morgan fingerprint density at radius 2 is 1.96 bits per heavy atom. The Bertz CT molecular complexity index is 815. The number of methoxy groups -OCH3 is 2. The van der Waals surface area contributed by atoms with Crippen LogP contribution in [-0.4, -0.2) is 25.1 Å². The van der Waals surface area contributed by atoms with Crippen LogP contribution in [0.2, 0.25) is 0 Å². The van der Waals surface area contributed by atoms with Gasteiger partial charge in [-0.2, -0.15) is 0 Å². The number of nitrogens with two attached hydrogens (primary N) is 1. The first-order valence-electron chi connectivity index (χ1n) is 6.95. The zero-order chi connectivity index (χ0) is 17.7. The number of nitrogens with zero attached hydrogens (tertiary/aromatic N) is 1. The van der Waals surface area contributed by atoms with Gasteiger partial charge in [-0.25, -0.2) is 0 Å². The van der Waals surface area contributed by atoms with Gasteiger partial charge in [0.15, 0.2) is 11.5 Å². The number of non-ortho nitro benzene ring substituents is 1. The second-order valence-corrected chi connectivity index (χ2v) is 4.81. The van der Waals surface area contributed by atoms with Crippen molar-refractivity contribution in [2.75, 3.05) is 14.2 Å². The molecular weight excluding hydrogens is 312 g/mol. The molecule has 0 heterocycles. The van der Waals surface area contributed by atoms with Gasteiger partial charge in [-0.3, -0.25) is 14.9 Å². The standard InChI is InChI=1S/C17H16N2O5/c1-23-14-8-6-11(7-9-15(18)20)16(17(14)24-2)12-4-3-5-13(10-12)19(21)22/h3-10H,1-2H3,(H2,18,20). The van der Waals surface area contributed by atoms with E-state index in [2.05, 4.69) is 0 Å². The van der Waals surface area contributed by atoms with Gasteiger partial charge in [0.2, 0.25) is 5.91 Å². The van der Waals surface area contributed by atoms with Crippen molar-refractivity contribution in [3.8, 4) is 22.6 Å². The maximum absolute atomic E-state index is 11.0. The molecule has 2 N–H and O–H groups in total. The monoisotopic (exact) mass is 328 g/mol. The third-order valence-corrected chi connectivity index (χ3v) is 3.35. The molecule has 2 aromatic carbocycles. The first-order chi connectivity index (χ1) is 11.5. The largest absolute Gasteiger partial charge is 0.493 e. The summed E-state index contributed by atoms with van der Waals surface area (Å²) in [5, 5.41) is 11.0. The van der Waals surface area contributed by atoms with Crippen molar-refractivity contribution in [3.05, 3.63) is 58.2 Å². The Morgan fingerprint density at radius 1 is 1.21 bits per heavy atom. The van der Waals surface area contributed by atoms with Crippen LogP contribution in [0.25, 0.3) is 17.2 Å². The van der Waals surface area contributed by atoms with Crippen molar-refractivity contribution in [1.82, 2.24) is 0 Å². The Balaban J connectivity index is 2.74. The highest BCUT2D eigenvalue weighted by Crippen LogP contribution is 2.41. The fraction of sp³-hybridized carbons (Fsp3) is 0.118. The zero-order valence-electron chi connectivity index (χ0n) is 13.2. The number of nitro benzene ring substituents is 1. The molecule has 0 saturated carbocycles. The quantitative estimate of drug-likeness (QED) is 0.499. The number of carbonyl (C=O) groups excluding carboxylic acids is 1. The van der Waals surface area contributed by atoms with Gasteiger partial charge in [0.1, 0.15) is 0 Å². The second-order valence-electron chi connectivity index (χ2n) is 4.81. The Hall–Kier alpha value is -3.35. The average Bonchev–Trinajstić information content (AvgIpc) is 2.58. The maximum atomic E-state index is 11.0. The highest BCUT2D eigenvalue weighted by atomic mass is 16.6. The van der Waals surface area contributed by atoms with E-state index in [4.69, 9.17) is 15.2 Å². The molecule has 0 aromatic heterocycles. The first-order valence-corrected chi connectivity index (χ1v) is 6.95. The lowest BCUT2D eigenvalue weighted by Gasteiger charge is -2.15. The molecule has 0 radical (unpaired) electrons. The number of benzene rings is 2. The molecule has 0 fully saturated rings. The lowest BCUT2D eigenvalue weighted by Crippen LogP contribution is -2.05. The summed E-state index contributed by atoms with van der Waals surface area (Å²) in [6, 6.07) is 9.52. The molecule has 0 unspecified atom stereocenters. The van der Waals surface area contributed by atoms with Crippen LogP contribution in [-0.2, 0) is 4.79 Å². The molecule has 2 aromatic rings. The van der Waals surface area contributed by atoms with Crippen LogP contribution in [0.15, 0.2) is 42.5 Å². The van der Waals surface area contributed by atoms with E-state index < -0.39 is 10.8 Å². The predicted molar refractivity (Wildman–Crippen MR) is 89.9 cm³/mol. The molecule has 124 valence electrons. The van der Waals surface area contributed by atoms with Gasteiger partial charge in [-0.15, -0.1) is 0 Å². The Kier molecular flexibility index (Phi) is 5.16. The van der Waals surface area contributed by atoms with Gasteiger partial charge in [0.25, 0.3) is 5.69 Å². The summed E-state index contributed by atoms with van der Waals surface area (Å²) in [4.78, 5) is 21.6. The highest BCUT2D eigenvalue weighted by Gasteiger charge is 2.17. The van der Waals surface area contributed by atoms with E-state index in [-0.39, 0.29) is 5.69 Å². The minimum atomic E-state index is -0.602. The number of primary amides is 1. The van der Waals surface area contributed by atoms with Crippen molar-refractivity contribution in [2.45, 2.75) is 0 Å². The molecule has 1 amide bonds. The zero-order valence-corrected chi connectivity index (χ0v) is 13.2. The fourth-order valence-corrected chi connectivity index (χ4v) is 2.33. The lowest BCUT2D eigenvalue weighted by atomic mass is 9.97. The van der Waals surface area contributed by atoms with Crippen LogP contribution < -0.4 is 15.2 Å². The Morgan fingerprint density at radius 3 is 2.54 bits per heavy atom. The number of hydrogen-bond donors (Lipinski definition) is 1. The number of nitro groups is 1. The van der Waals surface area contributed by atoms with E-state index in [1.54, 1.807) is 24.3 Å². The summed E-state index contributed by atoms with van der Waals surface area (Å²) in [6.45, 7) is 0. The van der Waals surface area contributed by atoms with Gasteiger partial charge in [0.05, 0.1) is 19.1 Å². The summed E-state index contributed by atoms with van der Waals surface area (Å²) >= 11 is 0. The first kappa shape index (κ1) is 17.0. The summed E-state index contributed by atoms with van der Waals surface area (Å²) < 4.78 is 10.7. The molecule has 0 bridgehead atoms. The summed E-state index contributed by atoms with van der Waals surface area (Å²) in [5.74, 6) is 0.273. The molecular formula is C17H16N2O5. The smallest absolute Gasteiger partial charge is 0.270 e. The molecule has 0 aliphatic heterocycles. The van der Waals surface area contributed by atoms with Crippen molar-refractivity contribution in [3.63, 3.8) is 0 Å². The molecule has 0 spiro atoms. The number of rotatable bonds is 6. The van der Waals surface area contributed by atoms with Gasteiger partial charge in [-0.05, 0) is 23.3 Å². The van der Waals surface area contributed by atoms with E-state index in [0.29, 0.717) is 28.2 Å². The number of ether oxygens (including phenoxy) is 2. The molecule has 0 saturated heterocycles. The van der Waals surface area contributed by atoms with Gasteiger partial charge in [-0.1, -0.05) is 18.2 Å². The van der Waals surface area contributed by atoms with Crippen LogP contribution in [0.5, 0.6) is 11.5 Å². The Labute approximate surface area is 138 Å². The molecule has 0 aliphatic carbocycles. The number of carbonyl (C=O) groups is 1. The van der Waals surface area contributed by atoms with Crippen LogP contribution in [0.3, 0.4) is 0 Å². The molecule has 0 atom stereocenters. The normalized spacial score (nSPS) is 10.6. The van der Waals surface area contributed by atoms with Crippen LogP contribution >= 0.6 is 0 Å². The minimum Gasteiger partial charge on any atom is -0.493 e. The summed E-state index contributed by atoms with van der Waals surface area (Å²) in [5.41, 5.74) is 6.84. The molecule has 2 rings (SSSR count). The van der Waals surface area contributed by atoms with Crippen molar-refractivity contribution in [2.24, 2.45) is 5.73 Å². The molecule has 24 heavy (non-hydrogen) atoms. The summed E-state index contributed by atoms with van der Waals surface area (Å²) in [6.07, 6.45) is 2.74. The topological polar surface area (TPSA) is 105 Å². The van der Waals surface area contributed by atoms with E-state index in [1.165, 1.54) is 38.5 Å². The van der Waals surface area contributed by atoms with Gasteiger partial charge in [0, 0.05) is 23.8 Å². The molecule has 0 aliphatic rings. The van der Waals surface area contributed by atoms with Crippen LogP contribution in [0, 0.1) is 10.1 Å². The van der Waals surface area contributed by atoms with E-state index in [9.17, 15) is 14.9 Å². The fourth-order valence-electron chi connectivity index (χ4n) is 2.33. The van der Waals surface area contributed by atoms with Gasteiger partial charge >= 0.3 is 0 Å². The molecule has 7 heteroatoms. The summed E-state index contributed by atoms with van der Waals surface area (Å²) in [7, 11) is 2.97. The van der Waals surface area contributed by atoms with Crippen LogP contribution in [0.4, 0.5) is 5.69 Å². The molecule has 7 nitrogen and oxygen atoms in total. The maximum Gasteiger partial charge on any atom is 0.270 e. The number of hydrogen-bond acceptors (Lipinski definition) is 5. The van der Waals surface area contributed by atoms with Crippen molar-refractivity contribution >= 4 is 17.7 Å². The van der Waals surface area contributed by atoms with Gasteiger partial charge < -0.3 is 15.2 Å². The number of amides is 1. The third kappa shape index (κ3) is 3.52.